The van der Waals surface area contributed by atoms with Gasteiger partial charge in [-0.25, -0.2) is 9.97 Å². The molecule has 120 valence electrons. The maximum atomic E-state index is 12.5. The van der Waals surface area contributed by atoms with Gasteiger partial charge in [-0.15, -0.1) is 45.3 Å². The number of hydrogen-bond acceptors (Lipinski definition) is 7. The lowest BCUT2D eigenvalue weighted by molar-refractivity contribution is 0.103. The van der Waals surface area contributed by atoms with Crippen LogP contribution in [0, 0.1) is 6.92 Å². The zero-order chi connectivity index (χ0) is 16.5. The first kappa shape index (κ1) is 15.6. The fraction of sp³-hybridized carbons (Fsp3) is 0.0625. The number of anilines is 1. The number of nitrogens with zero attached hydrogens (tertiary/aromatic N) is 2. The van der Waals surface area contributed by atoms with Crippen LogP contribution in [0.4, 0.5) is 5.13 Å². The van der Waals surface area contributed by atoms with E-state index < -0.39 is 0 Å². The van der Waals surface area contributed by atoms with E-state index in [0.717, 1.165) is 26.1 Å². The summed E-state index contributed by atoms with van der Waals surface area (Å²) < 4.78 is 0. The predicted molar refractivity (Wildman–Crippen MR) is 104 cm³/mol. The molecule has 1 N–H and O–H groups in total. The third-order valence-corrected chi connectivity index (χ3v) is 7.08. The maximum Gasteiger partial charge on any atom is 0.269 e. The van der Waals surface area contributed by atoms with Crippen LogP contribution in [0.1, 0.15) is 15.4 Å². The molecule has 1 amide bonds. The first-order valence-electron chi connectivity index (χ1n) is 7.03. The molecule has 0 saturated heterocycles. The number of thiazole rings is 2. The molecule has 24 heavy (non-hydrogen) atoms. The van der Waals surface area contributed by atoms with Crippen molar-refractivity contribution in [2.45, 2.75) is 6.92 Å². The van der Waals surface area contributed by atoms with Crippen LogP contribution in [0.2, 0.25) is 0 Å². The Kier molecular flexibility index (Phi) is 4.28. The third-order valence-electron chi connectivity index (χ3n) is 3.23. The summed E-state index contributed by atoms with van der Waals surface area (Å²) in [6.45, 7) is 1.86. The van der Waals surface area contributed by atoms with Gasteiger partial charge in [0.2, 0.25) is 0 Å². The summed E-state index contributed by atoms with van der Waals surface area (Å²) in [6, 6.07) is 8.01. The molecule has 0 aliphatic rings. The zero-order valence-electron chi connectivity index (χ0n) is 12.5. The van der Waals surface area contributed by atoms with Gasteiger partial charge in [-0.1, -0.05) is 12.1 Å². The first-order valence-corrected chi connectivity index (χ1v) is 10.5. The average molecular weight is 390 g/mol. The summed E-state index contributed by atoms with van der Waals surface area (Å²) in [4.78, 5) is 24.4. The van der Waals surface area contributed by atoms with Gasteiger partial charge in [0.25, 0.3) is 5.91 Å². The van der Waals surface area contributed by atoms with Gasteiger partial charge in [-0.2, -0.15) is 0 Å². The molecule has 0 aromatic carbocycles. The lowest BCUT2D eigenvalue weighted by atomic mass is 10.4. The minimum atomic E-state index is -0.153. The van der Waals surface area contributed by atoms with Crippen molar-refractivity contribution >= 4 is 56.4 Å². The molecule has 0 unspecified atom stereocenters. The molecule has 0 aliphatic heterocycles. The Hall–Kier alpha value is -1.87. The predicted octanol–water partition coefficient (Wildman–Crippen LogP) is 5.62. The highest BCUT2D eigenvalue weighted by atomic mass is 32.1. The van der Waals surface area contributed by atoms with Gasteiger partial charge in [0.1, 0.15) is 9.88 Å². The van der Waals surface area contributed by atoms with Crippen molar-refractivity contribution in [3.8, 4) is 20.5 Å². The number of rotatable bonds is 4. The third kappa shape index (κ3) is 3.05. The van der Waals surface area contributed by atoms with Crippen molar-refractivity contribution in [1.82, 2.24) is 9.97 Å². The summed E-state index contributed by atoms with van der Waals surface area (Å²) in [7, 11) is 0. The molecular weight excluding hydrogens is 378 g/mol. The second-order valence-corrected chi connectivity index (χ2v) is 8.63. The molecule has 8 heteroatoms. The molecule has 4 nitrogen and oxygen atoms in total. The SMILES string of the molecule is Cc1nc(-c2cccs2)sc1C(=O)Nc1nc(-c2cccs2)cs1. The number of carbonyl (C=O) groups excluding carboxylic acids is 1. The maximum absolute atomic E-state index is 12.5. The van der Waals surface area contributed by atoms with Gasteiger partial charge in [0, 0.05) is 5.38 Å². The van der Waals surface area contributed by atoms with Crippen molar-refractivity contribution in [2.75, 3.05) is 5.32 Å². The number of thiophene rings is 2. The average Bonchev–Trinajstić information content (AvgIpc) is 3.34. The lowest BCUT2D eigenvalue weighted by Crippen LogP contribution is -2.11. The van der Waals surface area contributed by atoms with E-state index in [9.17, 15) is 4.79 Å². The van der Waals surface area contributed by atoms with E-state index in [0.29, 0.717) is 10.0 Å². The van der Waals surface area contributed by atoms with E-state index in [2.05, 4.69) is 15.3 Å². The first-order chi connectivity index (χ1) is 11.7. The highest BCUT2D eigenvalue weighted by molar-refractivity contribution is 7.22. The smallest absolute Gasteiger partial charge is 0.269 e. The highest BCUT2D eigenvalue weighted by Gasteiger charge is 2.18. The number of carbonyl (C=O) groups is 1. The van der Waals surface area contributed by atoms with Crippen molar-refractivity contribution in [1.29, 1.82) is 0 Å². The topological polar surface area (TPSA) is 54.9 Å². The number of aromatic nitrogens is 2. The minimum Gasteiger partial charge on any atom is -0.297 e. The van der Waals surface area contributed by atoms with E-state index in [1.54, 1.807) is 22.7 Å². The quantitative estimate of drug-likeness (QED) is 0.493. The Morgan fingerprint density at radius 1 is 1.04 bits per heavy atom. The standard InChI is InChI=1S/C16H11N3OS4/c1-9-13(24-15(17-9)12-5-3-7-22-12)14(20)19-16-18-10(8-23-16)11-4-2-6-21-11/h2-8H,1H3,(H,18,19,20). The van der Waals surface area contributed by atoms with Gasteiger partial charge >= 0.3 is 0 Å². The van der Waals surface area contributed by atoms with E-state index in [4.69, 9.17) is 0 Å². The molecule has 0 aliphatic carbocycles. The number of hydrogen-bond donors (Lipinski definition) is 1. The minimum absolute atomic E-state index is 0.153. The summed E-state index contributed by atoms with van der Waals surface area (Å²) in [5.41, 5.74) is 1.64. The Morgan fingerprint density at radius 2 is 1.79 bits per heavy atom. The Morgan fingerprint density at radius 3 is 2.50 bits per heavy atom. The van der Waals surface area contributed by atoms with Gasteiger partial charge < -0.3 is 0 Å². The van der Waals surface area contributed by atoms with Crippen LogP contribution in [0.15, 0.2) is 40.4 Å². The van der Waals surface area contributed by atoms with Crippen LogP contribution in [0.3, 0.4) is 0 Å². The van der Waals surface area contributed by atoms with E-state index >= 15 is 0 Å². The molecule has 0 spiro atoms. The van der Waals surface area contributed by atoms with Crippen molar-refractivity contribution in [3.05, 3.63) is 51.0 Å². The van der Waals surface area contributed by atoms with E-state index in [1.807, 2.05) is 47.3 Å². The monoisotopic (exact) mass is 389 g/mol. The normalized spacial score (nSPS) is 10.9. The van der Waals surface area contributed by atoms with Crippen LogP contribution in [-0.2, 0) is 0 Å². The van der Waals surface area contributed by atoms with Gasteiger partial charge in [-0.05, 0) is 29.8 Å². The number of nitrogens with one attached hydrogen (secondary N) is 1. The molecule has 0 saturated carbocycles. The van der Waals surface area contributed by atoms with Crippen LogP contribution in [-0.4, -0.2) is 15.9 Å². The fourth-order valence-corrected chi connectivity index (χ4v) is 5.36. The van der Waals surface area contributed by atoms with Gasteiger partial charge in [-0.3, -0.25) is 10.1 Å². The molecule has 0 fully saturated rings. The second-order valence-electron chi connectivity index (χ2n) is 4.88. The molecule has 0 atom stereocenters. The number of aryl methyl sites for hydroxylation is 1. The molecule has 0 bridgehead atoms. The van der Waals surface area contributed by atoms with Crippen LogP contribution in [0.5, 0.6) is 0 Å². The van der Waals surface area contributed by atoms with Crippen molar-refractivity contribution in [2.24, 2.45) is 0 Å². The van der Waals surface area contributed by atoms with Crippen LogP contribution in [0.25, 0.3) is 20.5 Å². The molecule has 4 heterocycles. The molecule has 4 rings (SSSR count). The lowest BCUT2D eigenvalue weighted by Gasteiger charge is -1.98. The van der Waals surface area contributed by atoms with Crippen molar-refractivity contribution < 1.29 is 4.79 Å². The van der Waals surface area contributed by atoms with Gasteiger partial charge in [0.05, 0.1) is 21.1 Å². The Bertz CT molecular complexity index is 967. The summed E-state index contributed by atoms with van der Waals surface area (Å²) in [5, 5.41) is 10.4. The Labute approximate surface area is 154 Å². The molecule has 4 aromatic heterocycles. The second kappa shape index (κ2) is 6.56. The Balaban J connectivity index is 1.54. The largest absolute Gasteiger partial charge is 0.297 e. The number of amides is 1. The van der Waals surface area contributed by atoms with Gasteiger partial charge in [0.15, 0.2) is 5.13 Å². The fourth-order valence-electron chi connectivity index (χ4n) is 2.14. The summed E-state index contributed by atoms with van der Waals surface area (Å²) >= 11 is 6.10. The zero-order valence-corrected chi connectivity index (χ0v) is 15.7. The highest BCUT2D eigenvalue weighted by Crippen LogP contribution is 2.32. The van der Waals surface area contributed by atoms with E-state index in [-0.39, 0.29) is 5.91 Å². The molecular formula is C16H11N3OS4. The van der Waals surface area contributed by atoms with Crippen molar-refractivity contribution in [3.63, 3.8) is 0 Å². The van der Waals surface area contributed by atoms with Crippen LogP contribution < -0.4 is 5.32 Å². The summed E-state index contributed by atoms with van der Waals surface area (Å²) in [6.07, 6.45) is 0. The van der Waals surface area contributed by atoms with E-state index in [1.165, 1.54) is 22.7 Å². The molecule has 4 aromatic rings. The van der Waals surface area contributed by atoms with Crippen LogP contribution >= 0.6 is 45.3 Å². The molecule has 0 radical (unpaired) electrons. The summed E-state index contributed by atoms with van der Waals surface area (Å²) in [5.74, 6) is -0.153.